The Morgan fingerprint density at radius 1 is 0.279 bits per heavy atom. The summed E-state index contributed by atoms with van der Waals surface area (Å²) < 4.78 is 23.8. The molecule has 4 aromatic heterocycles. The van der Waals surface area contributed by atoms with Gasteiger partial charge in [0.15, 0.2) is 0 Å². The Kier molecular flexibility index (Phi) is 25.6. The van der Waals surface area contributed by atoms with Crippen LogP contribution < -0.4 is 21.4 Å². The lowest BCUT2D eigenvalue weighted by Crippen LogP contribution is -2.41. The first kappa shape index (κ1) is 93.9. The van der Waals surface area contributed by atoms with Crippen LogP contribution in [0.25, 0.3) is 175 Å². The number of benzene rings is 22. The van der Waals surface area contributed by atoms with Gasteiger partial charge in [0, 0.05) is 110 Å². The van der Waals surface area contributed by atoms with Crippen molar-refractivity contribution >= 4 is 210 Å². The highest BCUT2D eigenvalue weighted by molar-refractivity contribution is 9.10. The Morgan fingerprint density at radius 2 is 0.599 bits per heavy atom. The number of hydrogen-bond donors (Lipinski definition) is 0. The van der Waals surface area contributed by atoms with Gasteiger partial charge in [-0.1, -0.05) is 416 Å². The predicted molar refractivity (Wildman–Crippen MR) is 623 cm³/mol. The lowest BCUT2D eigenvalue weighted by molar-refractivity contribution is -0.385. The Hall–Kier alpha value is -16.7. The molecule has 0 unspecified atom stereocenters. The van der Waals surface area contributed by atoms with Gasteiger partial charge < -0.3 is 27.6 Å². The molecule has 0 bridgehead atoms. The first-order valence-corrected chi connectivity index (χ1v) is 52.1. The summed E-state index contributed by atoms with van der Waals surface area (Å²) in [5.41, 5.74) is 21.9. The maximum absolute atomic E-state index is 11.6. The number of halogens is 2. The molecule has 28 rings (SSSR count). The zero-order valence-electron chi connectivity index (χ0n) is 81.0. The Bertz CT molecular complexity index is 9410. The molecule has 26 aromatic rings. The van der Waals surface area contributed by atoms with E-state index in [1.54, 1.807) is 30.3 Å². The zero-order chi connectivity index (χ0) is 100.0. The molecule has 0 atom stereocenters. The van der Waals surface area contributed by atoms with Gasteiger partial charge in [0.25, 0.3) is 11.4 Å². The molecule has 0 amide bonds. The van der Waals surface area contributed by atoms with E-state index in [4.69, 9.17) is 9.31 Å². The molecule has 5 heterocycles. The smallest absolute Gasteiger partial charge is 0.399 e. The predicted octanol–water partition coefficient (Wildman–Crippen LogP) is 33.8. The fourth-order valence-corrected chi connectivity index (χ4v) is 24.2. The van der Waals surface area contributed by atoms with E-state index in [2.05, 4.69) is 502 Å². The minimum atomic E-state index is -0.446. The molecule has 1 saturated heterocycles. The summed E-state index contributed by atoms with van der Waals surface area (Å²) in [6.45, 7) is 8.38. The molecule has 0 radical (unpaired) electrons. The molecule has 0 spiro atoms. The second kappa shape index (κ2) is 40.1. The summed E-state index contributed by atoms with van der Waals surface area (Å²) in [7, 11) is -0.832. The van der Waals surface area contributed by atoms with Gasteiger partial charge in [-0.25, -0.2) is 0 Å². The average Bonchev–Trinajstić information content (AvgIpc) is 1.54. The maximum Gasteiger partial charge on any atom is 0.494 e. The van der Waals surface area contributed by atoms with Crippen LogP contribution in [0.4, 0.5) is 11.4 Å². The van der Waals surface area contributed by atoms with Gasteiger partial charge >= 0.3 is 7.12 Å². The maximum atomic E-state index is 11.6. The highest BCUT2D eigenvalue weighted by Crippen LogP contribution is 2.49. The van der Waals surface area contributed by atoms with Crippen molar-refractivity contribution < 1.29 is 19.2 Å². The van der Waals surface area contributed by atoms with E-state index in [0.29, 0.717) is 10.0 Å². The molecule has 147 heavy (non-hydrogen) atoms. The number of hydrogen-bond acceptors (Lipinski definition) is 6. The third kappa shape index (κ3) is 17.8. The van der Waals surface area contributed by atoms with Crippen LogP contribution in [0.3, 0.4) is 0 Å². The zero-order valence-corrected chi connectivity index (χ0v) is 85.0. The molecule has 1 fully saturated rings. The van der Waals surface area contributed by atoms with Crippen LogP contribution in [0.5, 0.6) is 0 Å². The van der Waals surface area contributed by atoms with Crippen molar-refractivity contribution in [3.05, 3.63) is 538 Å². The van der Waals surface area contributed by atoms with Crippen molar-refractivity contribution in [1.82, 2.24) is 18.3 Å². The van der Waals surface area contributed by atoms with Gasteiger partial charge in [-0.15, -0.1) is 0 Å². The quantitative estimate of drug-likeness (QED) is 0.0550. The van der Waals surface area contributed by atoms with E-state index < -0.39 is 12.8 Å². The number of nitrogens with zero attached hydrogens (tertiary/aromatic N) is 6. The van der Waals surface area contributed by atoms with Crippen molar-refractivity contribution in [2.45, 2.75) is 45.3 Å². The average molecular weight is 2050 g/mol. The Balaban J connectivity index is 0.0000000997. The van der Waals surface area contributed by atoms with Crippen LogP contribution in [0, 0.1) is 20.2 Å². The molecule has 0 N–H and O–H groups in total. The topological polar surface area (TPSA) is 124 Å². The summed E-state index contributed by atoms with van der Waals surface area (Å²) in [6, 6.07) is 173. The largest absolute Gasteiger partial charge is 0.494 e. The third-order valence-corrected chi connectivity index (χ3v) is 32.2. The lowest BCUT2D eigenvalue weighted by atomic mass is 9.79. The van der Waals surface area contributed by atoms with Crippen molar-refractivity contribution in [3.63, 3.8) is 0 Å². The summed E-state index contributed by atoms with van der Waals surface area (Å²) in [5, 5.41) is 46.0. The highest BCUT2D eigenvalue weighted by Gasteiger charge is 2.52. The summed E-state index contributed by atoms with van der Waals surface area (Å²) in [5.74, 6) is 0. The van der Waals surface area contributed by atoms with Crippen molar-refractivity contribution in [2.75, 3.05) is 0 Å². The van der Waals surface area contributed by atoms with E-state index in [0.717, 1.165) is 60.6 Å². The van der Waals surface area contributed by atoms with Crippen molar-refractivity contribution in [1.29, 1.82) is 0 Å². The fraction of sp³-hybridized carbons (Fsp3) is 0.0534. The first-order valence-electron chi connectivity index (χ1n) is 49.2. The Labute approximate surface area is 868 Å². The van der Waals surface area contributed by atoms with Crippen LogP contribution in [-0.2, 0) is 15.7 Å². The molecular formula is C131H96BBr2N6O6P. The van der Waals surface area contributed by atoms with E-state index in [1.807, 2.05) is 36.4 Å². The van der Waals surface area contributed by atoms with Crippen molar-refractivity contribution in [2.24, 2.45) is 0 Å². The second-order valence-electron chi connectivity index (χ2n) is 37.8. The van der Waals surface area contributed by atoms with Crippen molar-refractivity contribution in [3.8, 4) is 45.0 Å². The number of nitro benzene ring substituents is 2. The second-order valence-corrected chi connectivity index (χ2v) is 41.8. The van der Waals surface area contributed by atoms with Crippen LogP contribution in [-0.4, -0.2) is 46.4 Å². The van der Waals surface area contributed by atoms with Gasteiger partial charge in [-0.05, 0) is 207 Å². The van der Waals surface area contributed by atoms with Gasteiger partial charge in [0.2, 0.25) is 0 Å². The molecule has 16 heteroatoms. The number of aromatic nitrogens is 4. The highest BCUT2D eigenvalue weighted by atomic mass is 79.9. The number of fused-ring (bicyclic) bond motifs is 24. The molecule has 1 aliphatic heterocycles. The molecular weight excluding hydrogens is 1960 g/mol. The van der Waals surface area contributed by atoms with Crippen LogP contribution in [0.2, 0.25) is 0 Å². The first-order chi connectivity index (χ1) is 72.0. The molecule has 1 aliphatic carbocycles. The summed E-state index contributed by atoms with van der Waals surface area (Å²) in [4.78, 5) is 21.1. The summed E-state index contributed by atoms with van der Waals surface area (Å²) >= 11 is 6.69. The normalized spacial score (nSPS) is 12.7. The van der Waals surface area contributed by atoms with Crippen LogP contribution in [0.1, 0.15) is 38.8 Å². The molecule has 2 aliphatic rings. The third-order valence-electron chi connectivity index (χ3n) is 28.6. The van der Waals surface area contributed by atoms with Gasteiger partial charge in [-0.2, -0.15) is 0 Å². The van der Waals surface area contributed by atoms with E-state index in [1.165, 1.54) is 159 Å². The van der Waals surface area contributed by atoms with E-state index in [9.17, 15) is 20.2 Å². The van der Waals surface area contributed by atoms with E-state index >= 15 is 0 Å². The summed E-state index contributed by atoms with van der Waals surface area (Å²) in [6.07, 6.45) is 0.990. The Morgan fingerprint density at radius 3 is 1.03 bits per heavy atom. The molecule has 12 nitrogen and oxygen atoms in total. The van der Waals surface area contributed by atoms with Gasteiger partial charge in [0.1, 0.15) is 0 Å². The SMILES string of the molecule is Brc1ccc2c3ccc4ccccc4c3n(-c3ccccc3)c2c1.CC1(C)OB(c2ccc3c4ccc5ccccc5c4n(-c4ccccc4)c3c2)OC1(C)C.O=[N+]([O-])c1ccccc1-c1ccc2c3ccc4ccccc4c3n(-c3ccccc3)c2c1.O=[N+]([O-])c1ccccc1Br.c1ccc(-n2c3c4c(ccc3c3ccc5ccccc5c32)-c2ccccc2C4)cc1.c1ccc(P(c2ccccc2)c2ccccc2)cc1. The minimum absolute atomic E-state index is 0.0995. The standard InChI is InChI=1S/C29H19N.C28H26BNO2.C28H18N2O2.C22H14BrN.C18H15P.C6H4BrNO2/c1-2-10-21(11-3-1)30-28-23-13-7-4-8-19(23)14-15-25(28)26-17-16-24-22-12-6-5-9-20(22)18-27(24)29(26)30;1-27(2)28(3,4)32-29(31-27)20-15-17-23-24-16-14-19-10-8-9-13-22(19)26(24)30(25(23)18-20)21-11-6-5-7-12-21;31-30(32)26-13-7-6-11-22(26)20-15-16-24-25-17-14-19-8-4-5-12-23(19)28(25)29(27(24)18-20)21-9-2-1-3-10-21;23-16-11-13-19-20-12-10-15-6-4-5-9-18(15)22(20)24(21(19)14-16)17-7-2-1-3-8-17;1-4-10-16(11-5-1)19(17-12-6-2-7-13-17)18-14-8-3-9-15-18;7-5-3-1-2-4-6(5)8(9)10/h1-17H,18H2;5-18H,1-4H3;1-18H;1-14H;1-15H;1-4H. The van der Waals surface area contributed by atoms with E-state index in [-0.39, 0.29) is 34.6 Å². The molecule has 22 aromatic carbocycles. The molecule has 0 saturated carbocycles. The molecule has 708 valence electrons. The lowest BCUT2D eigenvalue weighted by Gasteiger charge is -2.32. The number of para-hydroxylation sites is 6. The van der Waals surface area contributed by atoms with Crippen LogP contribution in [0.15, 0.2) is 506 Å². The van der Waals surface area contributed by atoms with Crippen LogP contribution >= 0.6 is 39.8 Å². The number of rotatable bonds is 11. The number of nitro groups is 2. The minimum Gasteiger partial charge on any atom is -0.399 e. The fourth-order valence-electron chi connectivity index (χ4n) is 21.1. The van der Waals surface area contributed by atoms with Gasteiger partial charge in [0.05, 0.1) is 75.2 Å². The van der Waals surface area contributed by atoms with Gasteiger partial charge in [-0.3, -0.25) is 20.2 Å². The monoisotopic (exact) mass is 2050 g/mol.